The Balaban J connectivity index is 1.41. The zero-order valence-corrected chi connectivity index (χ0v) is 29.5. The van der Waals surface area contributed by atoms with Crippen molar-refractivity contribution in [1.82, 2.24) is 0 Å². The van der Waals surface area contributed by atoms with E-state index in [4.69, 9.17) is 4.74 Å². The third kappa shape index (κ3) is 4.78. The van der Waals surface area contributed by atoms with E-state index in [1.54, 1.807) is 0 Å². The van der Waals surface area contributed by atoms with Crippen LogP contribution in [0.3, 0.4) is 0 Å². The van der Waals surface area contributed by atoms with Gasteiger partial charge in [-0.3, -0.25) is 0 Å². The van der Waals surface area contributed by atoms with Gasteiger partial charge in [-0.15, -0.1) is 0 Å². The van der Waals surface area contributed by atoms with E-state index < -0.39 is 0 Å². The number of para-hydroxylation sites is 1. The Kier molecular flexibility index (Phi) is 6.77. The van der Waals surface area contributed by atoms with Gasteiger partial charge in [0.05, 0.1) is 0 Å². The van der Waals surface area contributed by atoms with Crippen LogP contribution >= 0.6 is 0 Å². The summed E-state index contributed by atoms with van der Waals surface area (Å²) in [6.07, 6.45) is 0. The molecule has 0 radical (unpaired) electrons. The molecule has 0 fully saturated rings. The molecule has 6 aromatic rings. The third-order valence-electron chi connectivity index (χ3n) is 10.6. The smallest absolute Gasteiger partial charge is 0.251 e. The van der Waals surface area contributed by atoms with Crippen LogP contribution in [-0.4, -0.2) is 6.71 Å². The van der Waals surface area contributed by atoms with E-state index in [1.807, 2.05) is 0 Å². The zero-order valence-electron chi connectivity index (χ0n) is 29.5. The molecule has 0 saturated heterocycles. The Morgan fingerprint density at radius 2 is 1.23 bits per heavy atom. The standard InChI is InChI=1S/C45H44BNO/c1-43(2,3)31-19-24-39-38(27-31)46-37-28-34(47(32-16-10-9-11-17-32)33-20-18-29-14-12-13-15-30(29)26-33)21-22-35(37)45(7,8)41-36(44(4,5)6)23-25-40(48-39)42(41)46/h9-28H,1-8H3. The van der Waals surface area contributed by atoms with Crippen LogP contribution in [0.5, 0.6) is 11.5 Å². The Labute approximate surface area is 286 Å². The number of hydrogen-bond donors (Lipinski definition) is 0. The van der Waals surface area contributed by atoms with Gasteiger partial charge in [-0.25, -0.2) is 0 Å². The van der Waals surface area contributed by atoms with E-state index in [9.17, 15) is 0 Å². The highest BCUT2D eigenvalue weighted by atomic mass is 16.5. The Bertz CT molecular complexity index is 2220. The van der Waals surface area contributed by atoms with Crippen LogP contribution in [0.2, 0.25) is 0 Å². The number of ether oxygens (including phenoxy) is 1. The summed E-state index contributed by atoms with van der Waals surface area (Å²) in [6, 6.07) is 44.8. The fraction of sp³-hybridized carbons (Fsp3) is 0.244. The van der Waals surface area contributed by atoms with Crippen LogP contribution < -0.4 is 26.0 Å². The normalized spacial score (nSPS) is 14.5. The first-order valence-corrected chi connectivity index (χ1v) is 17.3. The van der Waals surface area contributed by atoms with Crippen LogP contribution in [-0.2, 0) is 16.2 Å². The first kappa shape index (κ1) is 30.6. The Morgan fingerprint density at radius 1 is 0.562 bits per heavy atom. The molecule has 0 bridgehead atoms. The second-order valence-corrected chi connectivity index (χ2v) is 16.3. The average molecular weight is 626 g/mol. The number of nitrogens with zero attached hydrogens (tertiary/aromatic N) is 1. The summed E-state index contributed by atoms with van der Waals surface area (Å²) in [4.78, 5) is 2.41. The molecule has 8 rings (SSSR count). The summed E-state index contributed by atoms with van der Waals surface area (Å²) in [6.45, 7) is 18.8. The third-order valence-corrected chi connectivity index (χ3v) is 10.6. The molecule has 3 heteroatoms. The summed E-state index contributed by atoms with van der Waals surface area (Å²) in [5.74, 6) is 1.94. The van der Waals surface area contributed by atoms with Crippen molar-refractivity contribution < 1.29 is 4.74 Å². The SMILES string of the molecule is CC(C)(C)c1ccc2c(c1)B1c3cc(N(c4ccccc4)c4ccc5ccccc5c4)ccc3C(C)(C)c3c(C(C)(C)C)ccc(c31)O2. The molecule has 0 spiro atoms. The summed E-state index contributed by atoms with van der Waals surface area (Å²) < 4.78 is 6.81. The predicted molar refractivity (Wildman–Crippen MR) is 206 cm³/mol. The van der Waals surface area contributed by atoms with Crippen LogP contribution in [0.25, 0.3) is 10.8 Å². The zero-order chi connectivity index (χ0) is 33.6. The lowest BCUT2D eigenvalue weighted by Crippen LogP contribution is -2.63. The summed E-state index contributed by atoms with van der Waals surface area (Å²) >= 11 is 0. The van der Waals surface area contributed by atoms with Crippen LogP contribution in [0.15, 0.2) is 121 Å². The minimum absolute atomic E-state index is 0.0165. The molecule has 0 aliphatic carbocycles. The van der Waals surface area contributed by atoms with Gasteiger partial charge in [0, 0.05) is 22.5 Å². The van der Waals surface area contributed by atoms with Crippen LogP contribution in [0.1, 0.15) is 77.6 Å². The second kappa shape index (κ2) is 10.6. The van der Waals surface area contributed by atoms with Gasteiger partial charge >= 0.3 is 0 Å². The quantitative estimate of drug-likeness (QED) is 0.181. The molecule has 2 aliphatic heterocycles. The number of benzene rings is 6. The highest BCUT2D eigenvalue weighted by Gasteiger charge is 2.47. The summed E-state index contributed by atoms with van der Waals surface area (Å²) in [7, 11) is 0. The van der Waals surface area contributed by atoms with Crippen molar-refractivity contribution in [3.8, 4) is 11.5 Å². The minimum atomic E-state index is -0.221. The number of anilines is 3. The lowest BCUT2D eigenvalue weighted by atomic mass is 9.30. The molecule has 0 N–H and O–H groups in total. The van der Waals surface area contributed by atoms with Gasteiger partial charge in [-0.1, -0.05) is 134 Å². The minimum Gasteiger partial charge on any atom is -0.458 e. The molecule has 2 aliphatic rings. The first-order chi connectivity index (χ1) is 22.8. The fourth-order valence-corrected chi connectivity index (χ4v) is 8.18. The lowest BCUT2D eigenvalue weighted by Gasteiger charge is -2.45. The van der Waals surface area contributed by atoms with Crippen molar-refractivity contribution >= 4 is 50.9 Å². The summed E-state index contributed by atoms with van der Waals surface area (Å²) in [5, 5.41) is 2.48. The lowest BCUT2D eigenvalue weighted by molar-refractivity contribution is 0.479. The molecular formula is C45H44BNO. The van der Waals surface area contributed by atoms with Crippen molar-refractivity contribution in [3.05, 3.63) is 144 Å². The molecule has 6 aromatic carbocycles. The van der Waals surface area contributed by atoms with Gasteiger partial charge in [-0.2, -0.15) is 0 Å². The second-order valence-electron chi connectivity index (χ2n) is 16.3. The van der Waals surface area contributed by atoms with Crippen molar-refractivity contribution in [2.24, 2.45) is 0 Å². The van der Waals surface area contributed by atoms with Crippen molar-refractivity contribution in [1.29, 1.82) is 0 Å². The van der Waals surface area contributed by atoms with E-state index in [0.29, 0.717) is 0 Å². The van der Waals surface area contributed by atoms with Crippen LogP contribution in [0, 0.1) is 0 Å². The fourth-order valence-electron chi connectivity index (χ4n) is 8.18. The number of hydrogen-bond acceptors (Lipinski definition) is 2. The topological polar surface area (TPSA) is 12.5 Å². The Hall–Kier alpha value is -4.76. The van der Waals surface area contributed by atoms with Crippen molar-refractivity contribution in [3.63, 3.8) is 0 Å². The molecule has 0 amide bonds. The predicted octanol–water partition coefficient (Wildman–Crippen LogP) is 10.2. The molecule has 0 saturated carbocycles. The number of rotatable bonds is 3. The highest BCUT2D eigenvalue weighted by molar-refractivity contribution is 6.98. The van der Waals surface area contributed by atoms with Gasteiger partial charge in [0.15, 0.2) is 0 Å². The molecular weight excluding hydrogens is 581 g/mol. The highest BCUT2D eigenvalue weighted by Crippen LogP contribution is 2.45. The van der Waals surface area contributed by atoms with E-state index in [-0.39, 0.29) is 23.0 Å². The van der Waals surface area contributed by atoms with E-state index in [1.165, 1.54) is 49.4 Å². The summed E-state index contributed by atoms with van der Waals surface area (Å²) in [5.41, 5.74) is 12.7. The molecule has 2 heterocycles. The molecule has 238 valence electrons. The number of fused-ring (bicyclic) bond motifs is 5. The van der Waals surface area contributed by atoms with Gasteiger partial charge in [0.25, 0.3) is 6.71 Å². The van der Waals surface area contributed by atoms with Gasteiger partial charge in [-0.05, 0) is 103 Å². The molecule has 0 unspecified atom stereocenters. The molecule has 2 nitrogen and oxygen atoms in total. The van der Waals surface area contributed by atoms with Gasteiger partial charge < -0.3 is 9.64 Å². The molecule has 48 heavy (non-hydrogen) atoms. The van der Waals surface area contributed by atoms with Gasteiger partial charge in [0.2, 0.25) is 0 Å². The maximum absolute atomic E-state index is 6.81. The van der Waals surface area contributed by atoms with Crippen molar-refractivity contribution in [2.45, 2.75) is 71.6 Å². The maximum atomic E-state index is 6.81. The molecule has 0 atom stereocenters. The van der Waals surface area contributed by atoms with Crippen molar-refractivity contribution in [2.75, 3.05) is 4.90 Å². The Morgan fingerprint density at radius 3 is 1.96 bits per heavy atom. The van der Waals surface area contributed by atoms with Crippen LogP contribution in [0.4, 0.5) is 17.1 Å². The maximum Gasteiger partial charge on any atom is 0.251 e. The largest absolute Gasteiger partial charge is 0.458 e. The average Bonchev–Trinajstić information content (AvgIpc) is 3.05. The van der Waals surface area contributed by atoms with E-state index in [2.05, 4.69) is 182 Å². The van der Waals surface area contributed by atoms with Gasteiger partial charge in [0.1, 0.15) is 11.5 Å². The van der Waals surface area contributed by atoms with E-state index >= 15 is 0 Å². The van der Waals surface area contributed by atoms with E-state index in [0.717, 1.165) is 28.6 Å². The first-order valence-electron chi connectivity index (χ1n) is 17.3. The monoisotopic (exact) mass is 625 g/mol. The molecule has 0 aromatic heterocycles.